The van der Waals surface area contributed by atoms with E-state index in [-0.39, 0.29) is 0 Å². The average molecular weight is 214 g/mol. The second-order valence-corrected chi connectivity index (χ2v) is 4.14. The first kappa shape index (κ1) is 10.7. The van der Waals surface area contributed by atoms with Gasteiger partial charge in [0.15, 0.2) is 0 Å². The Bertz CT molecular complexity index is 515. The zero-order chi connectivity index (χ0) is 11.5. The predicted molar refractivity (Wildman–Crippen MR) is 64.7 cm³/mol. The molecule has 16 heavy (non-hydrogen) atoms. The van der Waals surface area contributed by atoms with Gasteiger partial charge in [-0.15, -0.1) is 0 Å². The van der Waals surface area contributed by atoms with Gasteiger partial charge in [-0.25, -0.2) is 0 Å². The highest BCUT2D eigenvalue weighted by Gasteiger charge is 2.01. The Balaban J connectivity index is 2.48. The highest BCUT2D eigenvalue weighted by atomic mass is 16.5. The van der Waals surface area contributed by atoms with Crippen LogP contribution in [0.2, 0.25) is 0 Å². The molecular formula is C14H14O2. The normalized spacial score (nSPS) is 10.7. The third kappa shape index (κ3) is 2.06. The Morgan fingerprint density at radius 1 is 1.06 bits per heavy atom. The molecule has 2 aromatic rings. The van der Waals surface area contributed by atoms with E-state index in [9.17, 15) is 4.79 Å². The van der Waals surface area contributed by atoms with Crippen molar-refractivity contribution in [2.75, 3.05) is 0 Å². The van der Waals surface area contributed by atoms with Gasteiger partial charge in [-0.2, -0.15) is 0 Å². The summed E-state index contributed by atoms with van der Waals surface area (Å²) in [7, 11) is 0. The minimum atomic E-state index is 0.448. The number of benzene rings is 2. The van der Waals surface area contributed by atoms with E-state index in [1.165, 1.54) is 10.9 Å². The van der Waals surface area contributed by atoms with E-state index in [0.717, 1.165) is 5.39 Å². The number of hydrogen-bond acceptors (Lipinski definition) is 2. The van der Waals surface area contributed by atoms with Crippen molar-refractivity contribution in [3.63, 3.8) is 0 Å². The van der Waals surface area contributed by atoms with Crippen LogP contribution >= 0.6 is 0 Å². The second-order valence-electron chi connectivity index (χ2n) is 4.14. The molecular weight excluding hydrogens is 200 g/mol. The first-order valence-corrected chi connectivity index (χ1v) is 5.34. The number of ether oxygens (including phenoxy) is 1. The summed E-state index contributed by atoms with van der Waals surface area (Å²) in [6, 6.07) is 12.0. The largest absolute Gasteiger partial charge is 0.429 e. The summed E-state index contributed by atoms with van der Waals surface area (Å²) < 4.78 is 4.81. The SMILES string of the molecule is CC(C)c1ccc2cc(OC=O)ccc2c1. The molecule has 0 saturated carbocycles. The average Bonchev–Trinajstić information content (AvgIpc) is 2.28. The first-order valence-electron chi connectivity index (χ1n) is 5.34. The van der Waals surface area contributed by atoms with Crippen LogP contribution in [0.4, 0.5) is 0 Å². The molecule has 0 fully saturated rings. The summed E-state index contributed by atoms with van der Waals surface area (Å²) in [5, 5.41) is 2.26. The fraction of sp³-hybridized carbons (Fsp3) is 0.214. The summed E-state index contributed by atoms with van der Waals surface area (Å²) in [6.45, 7) is 4.79. The number of rotatable bonds is 3. The van der Waals surface area contributed by atoms with E-state index in [0.29, 0.717) is 18.1 Å². The highest BCUT2D eigenvalue weighted by molar-refractivity contribution is 5.84. The quantitative estimate of drug-likeness (QED) is 0.731. The van der Waals surface area contributed by atoms with Crippen molar-refractivity contribution in [1.29, 1.82) is 0 Å². The highest BCUT2D eigenvalue weighted by Crippen LogP contribution is 2.24. The van der Waals surface area contributed by atoms with Crippen molar-refractivity contribution in [2.45, 2.75) is 19.8 Å². The molecule has 0 unspecified atom stereocenters. The van der Waals surface area contributed by atoms with E-state index >= 15 is 0 Å². The van der Waals surface area contributed by atoms with Gasteiger partial charge in [-0.1, -0.05) is 38.1 Å². The number of carbonyl (C=O) groups is 1. The molecule has 0 aliphatic heterocycles. The van der Waals surface area contributed by atoms with Crippen LogP contribution in [0.1, 0.15) is 25.3 Å². The van der Waals surface area contributed by atoms with Crippen LogP contribution in [0.5, 0.6) is 5.75 Å². The maximum atomic E-state index is 10.2. The van der Waals surface area contributed by atoms with Gasteiger partial charge in [0.05, 0.1) is 0 Å². The van der Waals surface area contributed by atoms with Gasteiger partial charge in [0.1, 0.15) is 5.75 Å². The zero-order valence-electron chi connectivity index (χ0n) is 9.44. The lowest BCUT2D eigenvalue weighted by atomic mass is 9.99. The van der Waals surface area contributed by atoms with Gasteiger partial charge in [-0.05, 0) is 34.4 Å². The van der Waals surface area contributed by atoms with Gasteiger partial charge in [0, 0.05) is 0 Å². The molecule has 2 nitrogen and oxygen atoms in total. The Kier molecular flexibility index (Phi) is 2.91. The molecule has 0 aliphatic rings. The van der Waals surface area contributed by atoms with Crippen LogP contribution in [-0.2, 0) is 4.79 Å². The lowest BCUT2D eigenvalue weighted by Crippen LogP contribution is -1.89. The summed E-state index contributed by atoms with van der Waals surface area (Å²) >= 11 is 0. The maximum Gasteiger partial charge on any atom is 0.298 e. The minimum absolute atomic E-state index is 0.448. The minimum Gasteiger partial charge on any atom is -0.429 e. The maximum absolute atomic E-state index is 10.2. The van der Waals surface area contributed by atoms with E-state index in [1.54, 1.807) is 6.07 Å². The van der Waals surface area contributed by atoms with E-state index < -0.39 is 0 Å². The molecule has 0 bridgehead atoms. The van der Waals surface area contributed by atoms with Crippen LogP contribution in [0.3, 0.4) is 0 Å². The molecule has 82 valence electrons. The Labute approximate surface area is 94.8 Å². The summed E-state index contributed by atoms with van der Waals surface area (Å²) in [5.41, 5.74) is 1.32. The predicted octanol–water partition coefficient (Wildman–Crippen LogP) is 3.50. The van der Waals surface area contributed by atoms with Crippen molar-refractivity contribution in [3.05, 3.63) is 42.0 Å². The monoisotopic (exact) mass is 214 g/mol. The molecule has 0 radical (unpaired) electrons. The third-order valence-corrected chi connectivity index (χ3v) is 2.69. The van der Waals surface area contributed by atoms with Crippen LogP contribution in [0.25, 0.3) is 10.8 Å². The molecule has 0 amide bonds. The van der Waals surface area contributed by atoms with E-state index in [1.807, 2.05) is 12.1 Å². The van der Waals surface area contributed by atoms with Gasteiger partial charge in [-0.3, -0.25) is 4.79 Å². The lowest BCUT2D eigenvalue weighted by molar-refractivity contribution is -0.120. The fourth-order valence-electron chi connectivity index (χ4n) is 1.73. The van der Waals surface area contributed by atoms with Crippen LogP contribution in [0, 0.1) is 0 Å². The Morgan fingerprint density at radius 2 is 1.75 bits per heavy atom. The lowest BCUT2D eigenvalue weighted by Gasteiger charge is -2.07. The van der Waals surface area contributed by atoms with E-state index in [2.05, 4.69) is 32.0 Å². The smallest absolute Gasteiger partial charge is 0.298 e. The van der Waals surface area contributed by atoms with Crippen molar-refractivity contribution in [2.24, 2.45) is 0 Å². The molecule has 0 N–H and O–H groups in total. The molecule has 0 aromatic heterocycles. The molecule has 2 heteroatoms. The zero-order valence-corrected chi connectivity index (χ0v) is 9.44. The summed E-state index contributed by atoms with van der Waals surface area (Å²) in [5.74, 6) is 1.11. The third-order valence-electron chi connectivity index (χ3n) is 2.69. The standard InChI is InChI=1S/C14H14O2/c1-10(2)11-3-4-13-8-14(16-9-15)6-5-12(13)7-11/h3-10H,1-2H3. The molecule has 2 aromatic carbocycles. The van der Waals surface area contributed by atoms with E-state index in [4.69, 9.17) is 4.74 Å². The molecule has 0 heterocycles. The number of hydrogen-bond donors (Lipinski definition) is 0. The fourth-order valence-corrected chi connectivity index (χ4v) is 1.73. The Morgan fingerprint density at radius 3 is 2.44 bits per heavy atom. The van der Waals surface area contributed by atoms with Crippen LogP contribution < -0.4 is 4.74 Å². The number of fused-ring (bicyclic) bond motifs is 1. The molecule has 0 aliphatic carbocycles. The van der Waals surface area contributed by atoms with Gasteiger partial charge < -0.3 is 4.74 Å². The molecule has 2 rings (SSSR count). The molecule has 0 atom stereocenters. The summed E-state index contributed by atoms with van der Waals surface area (Å²) in [6.07, 6.45) is 0. The van der Waals surface area contributed by atoms with Gasteiger partial charge in [0.2, 0.25) is 0 Å². The number of carbonyl (C=O) groups excluding carboxylic acids is 1. The molecule has 0 spiro atoms. The van der Waals surface area contributed by atoms with Gasteiger partial charge >= 0.3 is 0 Å². The van der Waals surface area contributed by atoms with Crippen LogP contribution in [0.15, 0.2) is 36.4 Å². The van der Waals surface area contributed by atoms with Crippen LogP contribution in [-0.4, -0.2) is 6.47 Å². The van der Waals surface area contributed by atoms with Crippen molar-refractivity contribution in [1.82, 2.24) is 0 Å². The van der Waals surface area contributed by atoms with Crippen molar-refractivity contribution in [3.8, 4) is 5.75 Å². The first-order chi connectivity index (χ1) is 7.70. The topological polar surface area (TPSA) is 26.3 Å². The molecule has 0 saturated heterocycles. The second kappa shape index (κ2) is 4.35. The summed E-state index contributed by atoms with van der Waals surface area (Å²) in [4.78, 5) is 10.2. The Hall–Kier alpha value is -1.83. The van der Waals surface area contributed by atoms with Crippen molar-refractivity contribution < 1.29 is 9.53 Å². The van der Waals surface area contributed by atoms with Crippen molar-refractivity contribution >= 4 is 17.2 Å². The van der Waals surface area contributed by atoms with Gasteiger partial charge in [0.25, 0.3) is 6.47 Å².